The van der Waals surface area contributed by atoms with Crippen LogP contribution < -0.4 is 20.3 Å². The van der Waals surface area contributed by atoms with E-state index in [1.165, 1.54) is 20.1 Å². The molecule has 2 aromatic heterocycles. The highest BCUT2D eigenvalue weighted by molar-refractivity contribution is 7.80. The molecule has 5 rings (SSSR count). The van der Waals surface area contributed by atoms with Gasteiger partial charge in [0.1, 0.15) is 23.3 Å². The van der Waals surface area contributed by atoms with Crippen LogP contribution in [0.2, 0.25) is 0 Å². The van der Waals surface area contributed by atoms with Crippen LogP contribution >= 0.6 is 12.2 Å². The van der Waals surface area contributed by atoms with E-state index in [9.17, 15) is 14.9 Å². The zero-order chi connectivity index (χ0) is 26.8. The molecule has 0 spiro atoms. The predicted octanol–water partition coefficient (Wildman–Crippen LogP) is 5.39. The third-order valence-corrected chi connectivity index (χ3v) is 6.47. The average molecular weight is 530 g/mol. The Hall–Kier alpha value is -4.77. The standard InChI is InChI=1S/C27H23N5O5S/c1-16(33)29-20-15-17(10-11-23(20)36-2)31-26(25(30-27(31)38)19-8-5-6-14-28-19)24-13-12-22(37-24)18-7-3-4-9-21(18)32(34)35/h3-15,25-26H,1-2H3,(H,29,33)(H,30,38)/t25-,26+/m0/s1. The fourth-order valence-electron chi connectivity index (χ4n) is 4.55. The van der Waals surface area contributed by atoms with Gasteiger partial charge in [0.2, 0.25) is 5.91 Å². The van der Waals surface area contributed by atoms with Crippen molar-refractivity contribution in [2.75, 3.05) is 17.3 Å². The molecule has 4 aromatic rings. The molecule has 0 unspecified atom stereocenters. The van der Waals surface area contributed by atoms with Crippen molar-refractivity contribution in [1.29, 1.82) is 0 Å². The zero-order valence-corrected chi connectivity index (χ0v) is 21.3. The molecule has 2 aromatic carbocycles. The number of hydrogen-bond acceptors (Lipinski definition) is 7. The number of rotatable bonds is 7. The number of pyridine rings is 1. The Morgan fingerprint density at radius 1 is 1.16 bits per heavy atom. The van der Waals surface area contributed by atoms with E-state index in [1.54, 1.807) is 48.7 Å². The van der Waals surface area contributed by atoms with Crippen molar-refractivity contribution in [3.05, 3.63) is 101 Å². The van der Waals surface area contributed by atoms with E-state index in [-0.39, 0.29) is 17.6 Å². The van der Waals surface area contributed by atoms with Crippen molar-refractivity contribution in [3.63, 3.8) is 0 Å². The van der Waals surface area contributed by atoms with Gasteiger partial charge < -0.3 is 24.7 Å². The number of carbonyl (C=O) groups excluding carboxylic acids is 1. The van der Waals surface area contributed by atoms with E-state index in [2.05, 4.69) is 15.6 Å². The summed E-state index contributed by atoms with van der Waals surface area (Å²) in [5, 5.41) is 18.2. The smallest absolute Gasteiger partial charge is 0.280 e. The minimum Gasteiger partial charge on any atom is -0.495 e. The quantitative estimate of drug-likeness (QED) is 0.184. The molecule has 2 atom stereocenters. The van der Waals surface area contributed by atoms with Gasteiger partial charge in [-0.15, -0.1) is 0 Å². The van der Waals surface area contributed by atoms with Crippen LogP contribution in [-0.4, -0.2) is 28.0 Å². The molecule has 1 amide bonds. The maximum atomic E-state index is 11.8. The summed E-state index contributed by atoms with van der Waals surface area (Å²) in [6.45, 7) is 1.42. The molecule has 1 saturated heterocycles. The van der Waals surface area contributed by atoms with Crippen molar-refractivity contribution in [1.82, 2.24) is 10.3 Å². The summed E-state index contributed by atoms with van der Waals surface area (Å²) in [5.41, 5.74) is 2.22. The van der Waals surface area contributed by atoms with Crippen LogP contribution in [0.4, 0.5) is 17.1 Å². The second-order valence-electron chi connectivity index (χ2n) is 8.54. The molecular weight excluding hydrogens is 506 g/mol. The maximum absolute atomic E-state index is 11.8. The van der Waals surface area contributed by atoms with E-state index in [1.807, 2.05) is 29.2 Å². The minimum atomic E-state index is -0.493. The highest BCUT2D eigenvalue weighted by Crippen LogP contribution is 2.44. The van der Waals surface area contributed by atoms with Crippen LogP contribution in [0.1, 0.15) is 30.5 Å². The van der Waals surface area contributed by atoms with E-state index < -0.39 is 11.0 Å². The third kappa shape index (κ3) is 4.66. The number of thiocarbonyl (C=S) groups is 1. The van der Waals surface area contributed by atoms with E-state index in [0.29, 0.717) is 39.3 Å². The topological polar surface area (TPSA) is 123 Å². The third-order valence-electron chi connectivity index (χ3n) is 6.15. The number of methoxy groups -OCH3 is 1. The molecule has 2 N–H and O–H groups in total. The first-order valence-corrected chi connectivity index (χ1v) is 12.1. The molecule has 38 heavy (non-hydrogen) atoms. The lowest BCUT2D eigenvalue weighted by Crippen LogP contribution is -2.29. The van der Waals surface area contributed by atoms with Crippen molar-refractivity contribution >= 4 is 40.3 Å². The van der Waals surface area contributed by atoms with Gasteiger partial charge in [0, 0.05) is 24.9 Å². The van der Waals surface area contributed by atoms with Crippen molar-refractivity contribution < 1.29 is 18.9 Å². The number of hydrogen-bond donors (Lipinski definition) is 2. The first kappa shape index (κ1) is 24.9. The van der Waals surface area contributed by atoms with Gasteiger partial charge >= 0.3 is 0 Å². The number of amides is 1. The summed E-state index contributed by atoms with van der Waals surface area (Å²) < 4.78 is 11.7. The molecule has 1 aliphatic rings. The second kappa shape index (κ2) is 10.3. The van der Waals surface area contributed by atoms with Crippen LogP contribution in [0.5, 0.6) is 5.75 Å². The summed E-state index contributed by atoms with van der Waals surface area (Å²) in [7, 11) is 1.52. The van der Waals surface area contributed by atoms with Gasteiger partial charge in [0.15, 0.2) is 5.11 Å². The van der Waals surface area contributed by atoms with Crippen LogP contribution in [0.15, 0.2) is 83.4 Å². The normalized spacial score (nSPS) is 16.7. The van der Waals surface area contributed by atoms with Gasteiger partial charge in [0.05, 0.1) is 35.0 Å². The van der Waals surface area contributed by atoms with Gasteiger partial charge in [-0.2, -0.15) is 0 Å². The van der Waals surface area contributed by atoms with Crippen LogP contribution in [0, 0.1) is 10.1 Å². The molecule has 192 valence electrons. The molecule has 0 radical (unpaired) electrons. The summed E-state index contributed by atoms with van der Waals surface area (Å²) in [4.78, 5) is 29.4. The minimum absolute atomic E-state index is 0.0540. The second-order valence-corrected chi connectivity index (χ2v) is 8.93. The molecule has 0 bridgehead atoms. The fraction of sp³-hybridized carbons (Fsp3) is 0.148. The number of furan rings is 1. The summed E-state index contributed by atoms with van der Waals surface area (Å²) >= 11 is 5.76. The number of anilines is 2. The molecule has 0 aliphatic carbocycles. The molecular formula is C27H23N5O5S. The number of aromatic nitrogens is 1. The van der Waals surface area contributed by atoms with Crippen LogP contribution in [-0.2, 0) is 4.79 Å². The first-order chi connectivity index (χ1) is 18.4. The Balaban J connectivity index is 1.62. The summed E-state index contributed by atoms with van der Waals surface area (Å²) in [6, 6.07) is 20.0. The van der Waals surface area contributed by atoms with E-state index in [0.717, 1.165) is 5.69 Å². The Labute approximate surface area is 223 Å². The number of carbonyl (C=O) groups is 1. The Morgan fingerprint density at radius 2 is 1.95 bits per heavy atom. The van der Waals surface area contributed by atoms with Gasteiger partial charge in [-0.25, -0.2) is 0 Å². The lowest BCUT2D eigenvalue weighted by Gasteiger charge is -2.27. The SMILES string of the molecule is COc1ccc(N2C(=S)N[C@@H](c3ccccn3)[C@H]2c2ccc(-c3ccccc3[N+](=O)[O-])o2)cc1NC(C)=O. The Morgan fingerprint density at radius 3 is 2.66 bits per heavy atom. The number of ether oxygens (including phenoxy) is 1. The molecule has 10 nitrogen and oxygen atoms in total. The highest BCUT2D eigenvalue weighted by Gasteiger charge is 2.43. The van der Waals surface area contributed by atoms with Crippen molar-refractivity contribution in [2.45, 2.75) is 19.0 Å². The largest absolute Gasteiger partial charge is 0.495 e. The number of nitro benzene ring substituents is 1. The van der Waals surface area contributed by atoms with Crippen molar-refractivity contribution in [2.24, 2.45) is 0 Å². The predicted molar refractivity (Wildman–Crippen MR) is 146 cm³/mol. The molecule has 3 heterocycles. The number of benzene rings is 2. The lowest BCUT2D eigenvalue weighted by molar-refractivity contribution is -0.384. The highest BCUT2D eigenvalue weighted by atomic mass is 32.1. The van der Waals surface area contributed by atoms with Gasteiger partial charge in [-0.1, -0.05) is 18.2 Å². The Bertz CT molecular complexity index is 1520. The summed E-state index contributed by atoms with van der Waals surface area (Å²) in [6.07, 6.45) is 1.70. The molecule has 1 aliphatic heterocycles. The molecule has 11 heteroatoms. The summed E-state index contributed by atoms with van der Waals surface area (Å²) in [5.74, 6) is 1.14. The average Bonchev–Trinajstić information content (AvgIpc) is 3.53. The molecule has 0 saturated carbocycles. The van der Waals surface area contributed by atoms with E-state index >= 15 is 0 Å². The van der Waals surface area contributed by atoms with Crippen molar-refractivity contribution in [3.8, 4) is 17.1 Å². The number of nitro groups is 1. The zero-order valence-electron chi connectivity index (χ0n) is 20.5. The van der Waals surface area contributed by atoms with E-state index in [4.69, 9.17) is 21.4 Å². The maximum Gasteiger partial charge on any atom is 0.280 e. The van der Waals surface area contributed by atoms with Crippen LogP contribution in [0.25, 0.3) is 11.3 Å². The molecule has 1 fully saturated rings. The fourth-order valence-corrected chi connectivity index (χ4v) is 4.90. The van der Waals surface area contributed by atoms with Gasteiger partial charge in [0.25, 0.3) is 5.69 Å². The van der Waals surface area contributed by atoms with Gasteiger partial charge in [-0.3, -0.25) is 19.9 Å². The lowest BCUT2D eigenvalue weighted by atomic mass is 10.0. The first-order valence-electron chi connectivity index (χ1n) is 11.7. The number of para-hydroxylation sites is 1. The Kier molecular flexibility index (Phi) is 6.75. The number of nitrogens with zero attached hydrogens (tertiary/aromatic N) is 3. The number of nitrogens with one attached hydrogen (secondary N) is 2. The monoisotopic (exact) mass is 529 g/mol. The van der Waals surface area contributed by atoms with Crippen LogP contribution in [0.3, 0.4) is 0 Å². The van der Waals surface area contributed by atoms with Gasteiger partial charge in [-0.05, 0) is 60.7 Å².